The average molecular weight is 412 g/mol. The molecule has 3 heterocycles. The SMILES string of the molecule is COCCn1nnnc1[C@@H](c1cc2ccc(OC)cc2[nH]c1=O)N1CCC[C@@H](C)C1. The maximum absolute atomic E-state index is 13.2. The molecule has 1 N–H and O–H groups in total. The van der Waals surface area contributed by atoms with Crippen molar-refractivity contribution in [2.45, 2.75) is 32.4 Å². The van der Waals surface area contributed by atoms with E-state index in [1.807, 2.05) is 24.3 Å². The number of likely N-dealkylation sites (tertiary alicyclic amines) is 1. The van der Waals surface area contributed by atoms with Crippen LogP contribution in [0.2, 0.25) is 0 Å². The minimum atomic E-state index is -0.324. The number of tetrazole rings is 1. The summed E-state index contributed by atoms with van der Waals surface area (Å²) in [4.78, 5) is 18.5. The van der Waals surface area contributed by atoms with Crippen LogP contribution in [0.4, 0.5) is 0 Å². The third-order valence-corrected chi connectivity index (χ3v) is 5.74. The Kier molecular flexibility index (Phi) is 6.10. The topological polar surface area (TPSA) is 98.2 Å². The van der Waals surface area contributed by atoms with Gasteiger partial charge in [-0.1, -0.05) is 6.92 Å². The molecule has 1 saturated heterocycles. The van der Waals surface area contributed by atoms with E-state index in [-0.39, 0.29) is 11.6 Å². The van der Waals surface area contributed by atoms with Crippen molar-refractivity contribution in [2.75, 3.05) is 33.9 Å². The number of nitrogens with one attached hydrogen (secondary N) is 1. The molecule has 2 aromatic heterocycles. The largest absolute Gasteiger partial charge is 0.497 e. The lowest BCUT2D eigenvalue weighted by Gasteiger charge is -2.36. The van der Waals surface area contributed by atoms with E-state index in [2.05, 4.69) is 32.3 Å². The first-order valence-electron chi connectivity index (χ1n) is 10.3. The molecule has 1 fully saturated rings. The number of aromatic amines is 1. The number of rotatable bonds is 7. The maximum Gasteiger partial charge on any atom is 0.253 e. The lowest BCUT2D eigenvalue weighted by atomic mass is 9.95. The fourth-order valence-electron chi connectivity index (χ4n) is 4.23. The van der Waals surface area contributed by atoms with Crippen LogP contribution in [0, 0.1) is 5.92 Å². The van der Waals surface area contributed by atoms with Crippen molar-refractivity contribution in [3.63, 3.8) is 0 Å². The molecule has 30 heavy (non-hydrogen) atoms. The van der Waals surface area contributed by atoms with Gasteiger partial charge in [-0.25, -0.2) is 4.68 Å². The fourth-order valence-corrected chi connectivity index (χ4v) is 4.23. The summed E-state index contributed by atoms with van der Waals surface area (Å²) in [7, 11) is 3.26. The average Bonchev–Trinajstić information content (AvgIpc) is 3.20. The van der Waals surface area contributed by atoms with Crippen molar-refractivity contribution in [2.24, 2.45) is 5.92 Å². The third-order valence-electron chi connectivity index (χ3n) is 5.74. The zero-order valence-electron chi connectivity index (χ0n) is 17.7. The Bertz CT molecular complexity index is 1060. The Balaban J connectivity index is 1.82. The molecular weight excluding hydrogens is 384 g/mol. The highest BCUT2D eigenvalue weighted by atomic mass is 16.5. The standard InChI is InChI=1S/C21H28N6O3/c1-14-5-4-8-26(13-14)19(20-23-24-25-27(20)9-10-29-2)17-11-15-6-7-16(30-3)12-18(15)22-21(17)28/h6-7,11-12,14,19H,4-5,8-10,13H2,1-3H3,(H,22,28)/t14-,19-/m1/s1. The van der Waals surface area contributed by atoms with E-state index in [4.69, 9.17) is 9.47 Å². The number of nitrogens with zero attached hydrogens (tertiary/aromatic N) is 5. The molecule has 1 aliphatic rings. The molecule has 1 aliphatic heterocycles. The van der Waals surface area contributed by atoms with Gasteiger partial charge in [0.1, 0.15) is 11.8 Å². The Morgan fingerprint density at radius 1 is 1.30 bits per heavy atom. The molecular formula is C21H28N6O3. The number of ether oxygens (including phenoxy) is 2. The van der Waals surface area contributed by atoms with Gasteiger partial charge in [-0.2, -0.15) is 0 Å². The number of benzene rings is 1. The fraction of sp³-hybridized carbons (Fsp3) is 0.524. The number of hydrogen-bond acceptors (Lipinski definition) is 7. The van der Waals surface area contributed by atoms with E-state index in [1.54, 1.807) is 18.9 Å². The minimum absolute atomic E-state index is 0.139. The van der Waals surface area contributed by atoms with Gasteiger partial charge in [0.05, 0.1) is 25.8 Å². The van der Waals surface area contributed by atoms with Crippen LogP contribution in [-0.2, 0) is 11.3 Å². The van der Waals surface area contributed by atoms with E-state index in [0.717, 1.165) is 30.4 Å². The van der Waals surface area contributed by atoms with Gasteiger partial charge in [-0.3, -0.25) is 9.69 Å². The van der Waals surface area contributed by atoms with Crippen molar-refractivity contribution in [1.29, 1.82) is 0 Å². The quantitative estimate of drug-likeness (QED) is 0.634. The van der Waals surface area contributed by atoms with Crippen molar-refractivity contribution in [3.05, 3.63) is 46.0 Å². The lowest BCUT2D eigenvalue weighted by Crippen LogP contribution is -2.41. The second-order valence-corrected chi connectivity index (χ2v) is 7.90. The smallest absolute Gasteiger partial charge is 0.253 e. The van der Waals surface area contributed by atoms with E-state index in [1.165, 1.54) is 6.42 Å². The number of fused-ring (bicyclic) bond motifs is 1. The summed E-state index contributed by atoms with van der Waals surface area (Å²) in [6, 6.07) is 7.31. The second-order valence-electron chi connectivity index (χ2n) is 7.90. The van der Waals surface area contributed by atoms with Gasteiger partial charge in [0, 0.05) is 25.3 Å². The van der Waals surface area contributed by atoms with Gasteiger partial charge in [0.2, 0.25) is 0 Å². The van der Waals surface area contributed by atoms with Gasteiger partial charge in [-0.05, 0) is 59.3 Å². The Morgan fingerprint density at radius 2 is 2.17 bits per heavy atom. The zero-order chi connectivity index (χ0) is 21.1. The summed E-state index contributed by atoms with van der Waals surface area (Å²) in [5.74, 6) is 1.92. The van der Waals surface area contributed by atoms with Crippen LogP contribution >= 0.6 is 0 Å². The minimum Gasteiger partial charge on any atom is -0.497 e. The van der Waals surface area contributed by atoms with Crippen LogP contribution in [0.5, 0.6) is 5.75 Å². The monoisotopic (exact) mass is 412 g/mol. The van der Waals surface area contributed by atoms with E-state index in [9.17, 15) is 4.79 Å². The summed E-state index contributed by atoms with van der Waals surface area (Å²) in [6.45, 7) is 5.05. The molecule has 0 radical (unpaired) electrons. The first-order chi connectivity index (χ1) is 14.6. The lowest BCUT2D eigenvalue weighted by molar-refractivity contribution is 0.137. The third kappa shape index (κ3) is 4.08. The predicted octanol–water partition coefficient (Wildman–Crippen LogP) is 1.99. The molecule has 9 nitrogen and oxygen atoms in total. The maximum atomic E-state index is 13.2. The summed E-state index contributed by atoms with van der Waals surface area (Å²) in [6.07, 6.45) is 2.27. The summed E-state index contributed by atoms with van der Waals surface area (Å²) >= 11 is 0. The molecule has 0 unspecified atom stereocenters. The van der Waals surface area contributed by atoms with Crippen LogP contribution in [0.3, 0.4) is 0 Å². The molecule has 3 aromatic rings. The van der Waals surface area contributed by atoms with E-state index < -0.39 is 0 Å². The molecule has 0 spiro atoms. The molecule has 2 atom stereocenters. The molecule has 4 rings (SSSR count). The van der Waals surface area contributed by atoms with Crippen LogP contribution in [-0.4, -0.2) is 64.0 Å². The Morgan fingerprint density at radius 3 is 2.93 bits per heavy atom. The number of pyridine rings is 1. The molecule has 0 amide bonds. The number of methoxy groups -OCH3 is 2. The Hall–Kier alpha value is -2.78. The van der Waals surface area contributed by atoms with Crippen molar-refractivity contribution in [1.82, 2.24) is 30.1 Å². The van der Waals surface area contributed by atoms with Crippen LogP contribution < -0.4 is 10.3 Å². The highest BCUT2D eigenvalue weighted by Crippen LogP contribution is 2.31. The van der Waals surface area contributed by atoms with Gasteiger partial charge in [-0.15, -0.1) is 5.10 Å². The van der Waals surface area contributed by atoms with Gasteiger partial charge in [0.15, 0.2) is 5.82 Å². The van der Waals surface area contributed by atoms with Gasteiger partial charge >= 0.3 is 0 Å². The molecule has 160 valence electrons. The molecule has 0 saturated carbocycles. The van der Waals surface area contributed by atoms with Gasteiger partial charge < -0.3 is 14.5 Å². The number of H-pyrrole nitrogens is 1. The second kappa shape index (κ2) is 8.93. The number of hydrogen-bond donors (Lipinski definition) is 1. The van der Waals surface area contributed by atoms with Crippen molar-refractivity contribution < 1.29 is 9.47 Å². The normalized spacial score (nSPS) is 18.6. The van der Waals surface area contributed by atoms with Crippen LogP contribution in [0.1, 0.15) is 37.2 Å². The summed E-state index contributed by atoms with van der Waals surface area (Å²) in [5.41, 5.74) is 1.25. The molecule has 9 heteroatoms. The predicted molar refractivity (Wildman–Crippen MR) is 113 cm³/mol. The number of piperidine rings is 1. The van der Waals surface area contributed by atoms with Crippen molar-refractivity contribution in [3.8, 4) is 5.75 Å². The summed E-state index contributed by atoms with van der Waals surface area (Å²) in [5, 5.41) is 13.3. The summed E-state index contributed by atoms with van der Waals surface area (Å²) < 4.78 is 12.2. The Labute approximate surface area is 175 Å². The highest BCUT2D eigenvalue weighted by molar-refractivity contribution is 5.80. The molecule has 0 bridgehead atoms. The van der Waals surface area contributed by atoms with Crippen LogP contribution in [0.15, 0.2) is 29.1 Å². The first kappa shape index (κ1) is 20.5. The first-order valence-corrected chi connectivity index (χ1v) is 10.3. The highest BCUT2D eigenvalue weighted by Gasteiger charge is 2.32. The number of aromatic nitrogens is 5. The van der Waals surface area contributed by atoms with Crippen LogP contribution in [0.25, 0.3) is 10.9 Å². The van der Waals surface area contributed by atoms with E-state index in [0.29, 0.717) is 36.2 Å². The van der Waals surface area contributed by atoms with E-state index >= 15 is 0 Å². The van der Waals surface area contributed by atoms with Gasteiger partial charge in [0.25, 0.3) is 5.56 Å². The zero-order valence-corrected chi connectivity index (χ0v) is 17.7. The molecule has 0 aliphatic carbocycles. The van der Waals surface area contributed by atoms with Crippen molar-refractivity contribution >= 4 is 10.9 Å². The molecule has 1 aromatic carbocycles.